The van der Waals surface area contributed by atoms with E-state index in [1.165, 1.54) is 22.5 Å². The van der Waals surface area contributed by atoms with Gasteiger partial charge in [0.15, 0.2) is 5.13 Å². The van der Waals surface area contributed by atoms with E-state index in [9.17, 15) is 4.79 Å². The Bertz CT molecular complexity index is 912. The highest BCUT2D eigenvalue weighted by Crippen LogP contribution is 2.28. The van der Waals surface area contributed by atoms with Gasteiger partial charge in [0.05, 0.1) is 5.69 Å². The third-order valence-electron chi connectivity index (χ3n) is 4.02. The quantitative estimate of drug-likeness (QED) is 0.705. The van der Waals surface area contributed by atoms with Crippen LogP contribution in [0.4, 0.5) is 5.13 Å². The first kappa shape index (κ1) is 16.4. The molecule has 0 spiro atoms. The Kier molecular flexibility index (Phi) is 4.49. The maximum absolute atomic E-state index is 12.5. The van der Waals surface area contributed by atoms with Gasteiger partial charge in [-0.05, 0) is 44.9 Å². The number of aromatic nitrogens is 1. The molecular weight excluding hydrogens is 316 g/mol. The molecule has 1 N–H and O–H groups in total. The molecule has 1 heterocycles. The first-order chi connectivity index (χ1) is 11.4. The van der Waals surface area contributed by atoms with Crippen molar-refractivity contribution in [1.29, 1.82) is 0 Å². The molecule has 3 aromatic rings. The molecule has 0 saturated carbocycles. The molecule has 3 rings (SSSR count). The van der Waals surface area contributed by atoms with Gasteiger partial charge in [0.2, 0.25) is 0 Å². The molecule has 0 fully saturated rings. The fraction of sp³-hybridized carbons (Fsp3) is 0.200. The van der Waals surface area contributed by atoms with Gasteiger partial charge in [-0.25, -0.2) is 4.98 Å². The van der Waals surface area contributed by atoms with Crippen LogP contribution >= 0.6 is 11.3 Å². The smallest absolute Gasteiger partial charge is 0.257 e. The summed E-state index contributed by atoms with van der Waals surface area (Å²) in [5, 5.41) is 5.52. The third-order valence-corrected chi connectivity index (χ3v) is 4.78. The Hall–Kier alpha value is -2.46. The Morgan fingerprint density at radius 1 is 0.958 bits per heavy atom. The van der Waals surface area contributed by atoms with Crippen molar-refractivity contribution in [2.45, 2.75) is 27.7 Å². The van der Waals surface area contributed by atoms with E-state index in [0.29, 0.717) is 10.7 Å². The first-order valence-electron chi connectivity index (χ1n) is 7.86. The van der Waals surface area contributed by atoms with Crippen LogP contribution in [0.2, 0.25) is 0 Å². The van der Waals surface area contributed by atoms with Crippen LogP contribution in [0, 0.1) is 27.7 Å². The lowest BCUT2D eigenvalue weighted by molar-refractivity contribution is 0.102. The summed E-state index contributed by atoms with van der Waals surface area (Å²) in [6, 6.07) is 12.2. The second-order valence-corrected chi connectivity index (χ2v) is 6.99. The van der Waals surface area contributed by atoms with Gasteiger partial charge in [0.1, 0.15) is 0 Å². The van der Waals surface area contributed by atoms with E-state index in [1.807, 2.05) is 37.4 Å². The average molecular weight is 336 g/mol. The van der Waals surface area contributed by atoms with E-state index in [0.717, 1.165) is 22.4 Å². The second-order valence-electron chi connectivity index (χ2n) is 6.13. The number of aryl methyl sites for hydroxylation is 4. The van der Waals surface area contributed by atoms with Gasteiger partial charge in [-0.3, -0.25) is 10.1 Å². The molecule has 0 bridgehead atoms. The number of rotatable bonds is 3. The van der Waals surface area contributed by atoms with Crippen molar-refractivity contribution in [2.24, 2.45) is 0 Å². The van der Waals surface area contributed by atoms with Gasteiger partial charge in [-0.1, -0.05) is 41.5 Å². The highest BCUT2D eigenvalue weighted by Gasteiger charge is 2.13. The molecular formula is C20H20N2OS. The van der Waals surface area contributed by atoms with Crippen LogP contribution in [0.15, 0.2) is 41.8 Å². The number of carbonyl (C=O) groups excluding carboxylic acids is 1. The van der Waals surface area contributed by atoms with Crippen LogP contribution < -0.4 is 5.32 Å². The van der Waals surface area contributed by atoms with Crippen molar-refractivity contribution < 1.29 is 4.79 Å². The van der Waals surface area contributed by atoms with Gasteiger partial charge >= 0.3 is 0 Å². The number of benzene rings is 2. The zero-order chi connectivity index (χ0) is 17.3. The average Bonchev–Trinajstić information content (AvgIpc) is 2.97. The van der Waals surface area contributed by atoms with E-state index in [-0.39, 0.29) is 5.91 Å². The first-order valence-corrected chi connectivity index (χ1v) is 8.74. The van der Waals surface area contributed by atoms with Gasteiger partial charge in [-0.15, -0.1) is 11.3 Å². The van der Waals surface area contributed by atoms with E-state index >= 15 is 0 Å². The summed E-state index contributed by atoms with van der Waals surface area (Å²) in [5.41, 5.74) is 7.14. The predicted octanol–water partition coefficient (Wildman–Crippen LogP) is 5.30. The minimum atomic E-state index is -0.113. The van der Waals surface area contributed by atoms with Crippen molar-refractivity contribution in [3.8, 4) is 11.3 Å². The largest absolute Gasteiger partial charge is 0.298 e. The lowest BCUT2D eigenvalue weighted by Crippen LogP contribution is -2.13. The second kappa shape index (κ2) is 6.57. The molecule has 24 heavy (non-hydrogen) atoms. The minimum absolute atomic E-state index is 0.113. The number of nitrogens with one attached hydrogen (secondary N) is 1. The fourth-order valence-corrected chi connectivity index (χ4v) is 3.41. The molecule has 0 unspecified atom stereocenters. The fourth-order valence-electron chi connectivity index (χ4n) is 2.70. The number of nitrogens with zero attached hydrogens (tertiary/aromatic N) is 1. The molecule has 1 amide bonds. The third kappa shape index (κ3) is 3.39. The van der Waals surface area contributed by atoms with Crippen molar-refractivity contribution in [3.05, 3.63) is 69.6 Å². The summed E-state index contributed by atoms with van der Waals surface area (Å²) in [6.45, 7) is 8.08. The summed E-state index contributed by atoms with van der Waals surface area (Å²) in [6.07, 6.45) is 0. The molecule has 0 aliphatic rings. The number of thiazole rings is 1. The summed E-state index contributed by atoms with van der Waals surface area (Å²) in [7, 11) is 0. The molecule has 0 saturated heterocycles. The minimum Gasteiger partial charge on any atom is -0.298 e. The Labute approximate surface area is 146 Å². The lowest BCUT2D eigenvalue weighted by Gasteiger charge is -2.06. The van der Waals surface area contributed by atoms with Crippen molar-refractivity contribution >= 4 is 22.4 Å². The van der Waals surface area contributed by atoms with Gasteiger partial charge < -0.3 is 0 Å². The SMILES string of the molecule is Cc1ccc(-c2csc(NC(=O)c3cc(C)ccc3C)n2)c(C)c1. The molecule has 0 radical (unpaired) electrons. The Morgan fingerprint density at radius 3 is 2.42 bits per heavy atom. The maximum atomic E-state index is 12.5. The molecule has 4 heteroatoms. The van der Waals surface area contributed by atoms with E-state index < -0.39 is 0 Å². The van der Waals surface area contributed by atoms with Crippen LogP contribution in [-0.2, 0) is 0 Å². The van der Waals surface area contributed by atoms with Crippen LogP contribution in [0.25, 0.3) is 11.3 Å². The van der Waals surface area contributed by atoms with Gasteiger partial charge in [0.25, 0.3) is 5.91 Å². The van der Waals surface area contributed by atoms with Gasteiger partial charge in [-0.2, -0.15) is 0 Å². The summed E-state index contributed by atoms with van der Waals surface area (Å²) in [5.74, 6) is -0.113. The molecule has 0 aliphatic carbocycles. The van der Waals surface area contributed by atoms with Crippen molar-refractivity contribution in [2.75, 3.05) is 5.32 Å². The summed E-state index contributed by atoms with van der Waals surface area (Å²) < 4.78 is 0. The van der Waals surface area contributed by atoms with Crippen LogP contribution in [0.1, 0.15) is 32.6 Å². The topological polar surface area (TPSA) is 42.0 Å². The van der Waals surface area contributed by atoms with Crippen LogP contribution in [-0.4, -0.2) is 10.9 Å². The normalized spacial score (nSPS) is 10.7. The van der Waals surface area contributed by atoms with Crippen molar-refractivity contribution in [1.82, 2.24) is 4.98 Å². The molecule has 3 nitrogen and oxygen atoms in total. The Balaban J connectivity index is 1.83. The lowest BCUT2D eigenvalue weighted by atomic mass is 10.0. The molecule has 0 atom stereocenters. The molecule has 1 aromatic heterocycles. The van der Waals surface area contributed by atoms with E-state index in [1.54, 1.807) is 0 Å². The number of hydrogen-bond donors (Lipinski definition) is 1. The number of carbonyl (C=O) groups is 1. The summed E-state index contributed by atoms with van der Waals surface area (Å²) in [4.78, 5) is 17.1. The number of hydrogen-bond acceptors (Lipinski definition) is 3. The number of amides is 1. The molecule has 0 aliphatic heterocycles. The van der Waals surface area contributed by atoms with Crippen molar-refractivity contribution in [3.63, 3.8) is 0 Å². The summed E-state index contributed by atoms with van der Waals surface area (Å²) >= 11 is 1.45. The standard InChI is InChI=1S/C20H20N2OS/c1-12-6-8-16(15(4)9-12)18-11-24-20(21-18)22-19(23)17-10-13(2)5-7-14(17)3/h5-11H,1-4H3,(H,21,22,23). The van der Waals surface area contributed by atoms with Crippen LogP contribution in [0.5, 0.6) is 0 Å². The molecule has 2 aromatic carbocycles. The van der Waals surface area contributed by atoms with E-state index in [4.69, 9.17) is 0 Å². The zero-order valence-electron chi connectivity index (χ0n) is 14.3. The maximum Gasteiger partial charge on any atom is 0.257 e. The van der Waals surface area contributed by atoms with E-state index in [2.05, 4.69) is 42.3 Å². The molecule has 122 valence electrons. The monoisotopic (exact) mass is 336 g/mol. The van der Waals surface area contributed by atoms with Gasteiger partial charge in [0, 0.05) is 16.5 Å². The highest BCUT2D eigenvalue weighted by molar-refractivity contribution is 7.14. The zero-order valence-corrected chi connectivity index (χ0v) is 15.1. The Morgan fingerprint density at radius 2 is 1.67 bits per heavy atom. The highest BCUT2D eigenvalue weighted by atomic mass is 32.1. The van der Waals surface area contributed by atoms with Crippen LogP contribution in [0.3, 0.4) is 0 Å². The predicted molar refractivity (Wildman–Crippen MR) is 101 cm³/mol. The number of anilines is 1.